The Kier molecular flexibility index (Phi) is 3.41. The van der Waals surface area contributed by atoms with Crippen molar-refractivity contribution in [1.82, 2.24) is 30.6 Å². The maximum atomic E-state index is 11.3. The van der Waals surface area contributed by atoms with Crippen LogP contribution in [-0.4, -0.2) is 43.7 Å². The van der Waals surface area contributed by atoms with Crippen molar-refractivity contribution in [3.63, 3.8) is 0 Å². The molecule has 0 radical (unpaired) electrons. The van der Waals surface area contributed by atoms with E-state index < -0.39 is 5.97 Å². The Morgan fingerprint density at radius 1 is 1.56 bits per heavy atom. The molecule has 2 rings (SSSR count). The van der Waals surface area contributed by atoms with Crippen LogP contribution in [0.15, 0.2) is 12.3 Å². The van der Waals surface area contributed by atoms with Gasteiger partial charge >= 0.3 is 5.97 Å². The molecule has 0 amide bonds. The van der Waals surface area contributed by atoms with E-state index in [1.165, 1.54) is 13.3 Å². The highest BCUT2D eigenvalue weighted by atomic mass is 16.5. The second-order valence-corrected chi connectivity index (χ2v) is 3.39. The molecule has 9 heteroatoms. The number of rotatable bonds is 4. The summed E-state index contributed by atoms with van der Waals surface area (Å²) < 4.78 is 4.54. The Hall–Kier alpha value is -2.58. The van der Waals surface area contributed by atoms with E-state index in [9.17, 15) is 4.79 Å². The zero-order valence-corrected chi connectivity index (χ0v) is 9.78. The van der Waals surface area contributed by atoms with Gasteiger partial charge in [-0.25, -0.2) is 14.8 Å². The highest BCUT2D eigenvalue weighted by Crippen LogP contribution is 2.12. The molecule has 0 saturated carbocycles. The highest BCUT2D eigenvalue weighted by Gasteiger charge is 2.13. The lowest BCUT2D eigenvalue weighted by Crippen LogP contribution is -2.13. The molecule has 1 atom stereocenters. The quantitative estimate of drug-likeness (QED) is 0.724. The second kappa shape index (κ2) is 5.17. The fraction of sp³-hybridized carbons (Fsp3) is 0.333. The lowest BCUT2D eigenvalue weighted by atomic mass is 10.3. The summed E-state index contributed by atoms with van der Waals surface area (Å²) in [6.45, 7) is 1.84. The van der Waals surface area contributed by atoms with Crippen LogP contribution in [0.3, 0.4) is 0 Å². The van der Waals surface area contributed by atoms with E-state index in [1.54, 1.807) is 6.07 Å². The third kappa shape index (κ3) is 2.56. The van der Waals surface area contributed by atoms with Gasteiger partial charge in [0.1, 0.15) is 5.82 Å². The van der Waals surface area contributed by atoms with Crippen molar-refractivity contribution in [1.29, 1.82) is 0 Å². The predicted molar refractivity (Wildman–Crippen MR) is 59.6 cm³/mol. The number of esters is 1. The van der Waals surface area contributed by atoms with Crippen LogP contribution in [0, 0.1) is 0 Å². The summed E-state index contributed by atoms with van der Waals surface area (Å²) in [7, 11) is 1.27. The Labute approximate surface area is 102 Å². The van der Waals surface area contributed by atoms with Crippen LogP contribution >= 0.6 is 0 Å². The van der Waals surface area contributed by atoms with Crippen LogP contribution in [0.2, 0.25) is 0 Å². The van der Waals surface area contributed by atoms with Crippen molar-refractivity contribution in [3.05, 3.63) is 23.9 Å². The highest BCUT2D eigenvalue weighted by molar-refractivity contribution is 5.85. The molecule has 0 fully saturated rings. The topological polar surface area (TPSA) is 119 Å². The van der Waals surface area contributed by atoms with Gasteiger partial charge in [0.15, 0.2) is 5.82 Å². The van der Waals surface area contributed by atoms with Crippen LogP contribution in [0.4, 0.5) is 5.82 Å². The number of aromatic amines is 1. The van der Waals surface area contributed by atoms with Gasteiger partial charge in [-0.15, -0.1) is 10.2 Å². The summed E-state index contributed by atoms with van der Waals surface area (Å²) in [5.74, 6) is 0.365. The average molecular weight is 249 g/mol. The van der Waals surface area contributed by atoms with Crippen LogP contribution in [0.1, 0.15) is 29.4 Å². The number of carbonyl (C=O) groups excluding carboxylic acids is 1. The molecule has 1 unspecified atom stereocenters. The number of carbonyl (C=O) groups is 1. The smallest absolute Gasteiger partial charge is 0.376 e. The zero-order chi connectivity index (χ0) is 13.0. The van der Waals surface area contributed by atoms with E-state index >= 15 is 0 Å². The summed E-state index contributed by atoms with van der Waals surface area (Å²) in [5, 5.41) is 16.5. The molecular formula is C9H11N7O2. The number of methoxy groups -OCH3 is 1. The standard InChI is InChI=1S/C9H11N7O2/c1-5(7-13-15-16-14-7)11-6-3-4-10-8(12-6)9(17)18-2/h3-5H,1-2H3,(H,10,11,12)(H,13,14,15,16). The first-order valence-electron chi connectivity index (χ1n) is 5.12. The second-order valence-electron chi connectivity index (χ2n) is 3.39. The molecule has 2 N–H and O–H groups in total. The molecule has 0 bridgehead atoms. The largest absolute Gasteiger partial charge is 0.463 e. The zero-order valence-electron chi connectivity index (χ0n) is 9.78. The number of aromatic nitrogens is 6. The molecular weight excluding hydrogens is 238 g/mol. The van der Waals surface area contributed by atoms with Crippen molar-refractivity contribution >= 4 is 11.8 Å². The number of H-pyrrole nitrogens is 1. The lowest BCUT2D eigenvalue weighted by molar-refractivity contribution is 0.0587. The number of anilines is 1. The number of hydrogen-bond donors (Lipinski definition) is 2. The van der Waals surface area contributed by atoms with Crippen molar-refractivity contribution in [2.24, 2.45) is 0 Å². The van der Waals surface area contributed by atoms with Gasteiger partial charge in [0.2, 0.25) is 5.82 Å². The molecule has 0 aliphatic carbocycles. The van der Waals surface area contributed by atoms with Gasteiger partial charge in [-0.1, -0.05) is 5.21 Å². The maximum Gasteiger partial charge on any atom is 0.376 e. The normalized spacial score (nSPS) is 11.9. The van der Waals surface area contributed by atoms with Crippen LogP contribution in [0.5, 0.6) is 0 Å². The third-order valence-corrected chi connectivity index (χ3v) is 2.14. The van der Waals surface area contributed by atoms with E-state index in [1.807, 2.05) is 6.92 Å². The van der Waals surface area contributed by atoms with Crippen LogP contribution in [0.25, 0.3) is 0 Å². The average Bonchev–Trinajstić information content (AvgIpc) is 2.92. The number of hydrogen-bond acceptors (Lipinski definition) is 8. The Balaban J connectivity index is 2.12. The van der Waals surface area contributed by atoms with Crippen molar-refractivity contribution in [3.8, 4) is 0 Å². The van der Waals surface area contributed by atoms with Crippen molar-refractivity contribution in [2.45, 2.75) is 13.0 Å². The molecule has 2 heterocycles. The Morgan fingerprint density at radius 2 is 2.39 bits per heavy atom. The number of nitrogens with one attached hydrogen (secondary N) is 2. The number of nitrogens with zero attached hydrogens (tertiary/aromatic N) is 5. The first kappa shape index (κ1) is 11.9. The molecule has 0 aliphatic rings. The predicted octanol–water partition coefficient (Wildman–Crippen LogP) is -0.0506. The number of ether oxygens (including phenoxy) is 1. The van der Waals surface area contributed by atoms with E-state index in [0.29, 0.717) is 11.6 Å². The molecule has 0 aliphatic heterocycles. The van der Waals surface area contributed by atoms with Crippen molar-refractivity contribution in [2.75, 3.05) is 12.4 Å². The van der Waals surface area contributed by atoms with E-state index in [-0.39, 0.29) is 11.9 Å². The van der Waals surface area contributed by atoms with E-state index in [2.05, 4.69) is 40.6 Å². The molecule has 94 valence electrons. The first-order chi connectivity index (χ1) is 8.70. The summed E-state index contributed by atoms with van der Waals surface area (Å²) >= 11 is 0. The third-order valence-electron chi connectivity index (χ3n) is 2.14. The minimum atomic E-state index is -0.592. The van der Waals surface area contributed by atoms with Crippen LogP contribution in [-0.2, 0) is 4.74 Å². The maximum absolute atomic E-state index is 11.3. The summed E-state index contributed by atoms with van der Waals surface area (Å²) in [6, 6.07) is 1.42. The molecule has 9 nitrogen and oxygen atoms in total. The van der Waals surface area contributed by atoms with Gasteiger partial charge in [0.25, 0.3) is 0 Å². The van der Waals surface area contributed by atoms with Gasteiger partial charge in [0.05, 0.1) is 13.2 Å². The van der Waals surface area contributed by atoms with Gasteiger partial charge < -0.3 is 10.1 Å². The molecule has 0 aromatic carbocycles. The Bertz CT molecular complexity index is 527. The van der Waals surface area contributed by atoms with Gasteiger partial charge in [-0.3, -0.25) is 0 Å². The molecule has 18 heavy (non-hydrogen) atoms. The monoisotopic (exact) mass is 249 g/mol. The molecule has 2 aromatic heterocycles. The summed E-state index contributed by atoms with van der Waals surface area (Å²) in [4.78, 5) is 19.1. The summed E-state index contributed by atoms with van der Waals surface area (Å²) in [6.07, 6.45) is 1.46. The van der Waals surface area contributed by atoms with Gasteiger partial charge in [0, 0.05) is 6.20 Å². The molecule has 0 spiro atoms. The Morgan fingerprint density at radius 3 is 3.06 bits per heavy atom. The fourth-order valence-electron chi connectivity index (χ4n) is 1.27. The molecule has 0 saturated heterocycles. The van der Waals surface area contributed by atoms with Gasteiger partial charge in [-0.05, 0) is 13.0 Å². The molecule has 2 aromatic rings. The fourth-order valence-corrected chi connectivity index (χ4v) is 1.27. The minimum absolute atomic E-state index is 0.0113. The SMILES string of the molecule is COC(=O)c1nccc(NC(C)c2nn[nH]n2)n1. The van der Waals surface area contributed by atoms with E-state index in [4.69, 9.17) is 0 Å². The van der Waals surface area contributed by atoms with Crippen LogP contribution < -0.4 is 5.32 Å². The van der Waals surface area contributed by atoms with E-state index in [0.717, 1.165) is 0 Å². The number of tetrazole rings is 1. The lowest BCUT2D eigenvalue weighted by Gasteiger charge is -2.10. The summed E-state index contributed by atoms with van der Waals surface area (Å²) in [5.41, 5.74) is 0. The van der Waals surface area contributed by atoms with Crippen molar-refractivity contribution < 1.29 is 9.53 Å². The minimum Gasteiger partial charge on any atom is -0.463 e. The van der Waals surface area contributed by atoms with Gasteiger partial charge in [-0.2, -0.15) is 5.21 Å². The first-order valence-corrected chi connectivity index (χ1v) is 5.12.